The quantitative estimate of drug-likeness (QED) is 0.0471. The summed E-state index contributed by atoms with van der Waals surface area (Å²) in [6.07, 6.45) is 11.7. The second kappa shape index (κ2) is 35.1. The van der Waals surface area contributed by atoms with Crippen molar-refractivity contribution in [3.8, 4) is 61.7 Å². The van der Waals surface area contributed by atoms with Gasteiger partial charge >= 0.3 is 0 Å². The highest BCUT2D eigenvalue weighted by atomic mass is 16.5. The number of hydrogen-bond donors (Lipinski definition) is 0. The maximum absolute atomic E-state index is 8.99. The van der Waals surface area contributed by atoms with Crippen molar-refractivity contribution < 1.29 is 4.74 Å². The first-order valence-electron chi connectivity index (χ1n) is 36.7. The van der Waals surface area contributed by atoms with Gasteiger partial charge in [0, 0.05) is 19.8 Å². The normalized spacial score (nSPS) is 11.9. The summed E-state index contributed by atoms with van der Waals surface area (Å²) in [5.74, 6) is 1.26. The molecule has 0 radical (unpaired) electrons. The minimum atomic E-state index is 0.0638. The van der Waals surface area contributed by atoms with Gasteiger partial charge in [-0.05, 0) is 200 Å². The summed E-state index contributed by atoms with van der Waals surface area (Å²) in [6, 6.07) is 130. The van der Waals surface area contributed by atoms with Gasteiger partial charge in [0.2, 0.25) is 0 Å². The Kier molecular flexibility index (Phi) is 23.5. The average molecular weight is 1390 g/mol. The average Bonchev–Trinajstić information content (AvgIpc) is 0.698. The summed E-state index contributed by atoms with van der Waals surface area (Å²) in [5.41, 5.74) is 26.2. The van der Waals surface area contributed by atoms with E-state index in [1.165, 1.54) is 138 Å². The fraction of sp³-hybridized carbons (Fsp3) is 0.0577. The van der Waals surface area contributed by atoms with Crippen LogP contribution in [0.3, 0.4) is 0 Å². The molecule has 0 aliphatic carbocycles. The Balaban J connectivity index is 0.000000148. The molecule has 520 valence electrons. The molecule has 0 fully saturated rings. The molecule has 0 amide bonds. The zero-order chi connectivity index (χ0) is 74.6. The van der Waals surface area contributed by atoms with Gasteiger partial charge in [0.1, 0.15) is 11.5 Å². The molecule has 1 aliphatic heterocycles. The number of fused-ring (bicyclic) bond motifs is 3. The van der Waals surface area contributed by atoms with Crippen LogP contribution >= 0.6 is 0 Å². The lowest BCUT2D eigenvalue weighted by Gasteiger charge is -2.25. The number of aryl methyl sites for hydroxylation is 1. The van der Waals surface area contributed by atoms with Crippen LogP contribution in [0.1, 0.15) is 65.3 Å². The van der Waals surface area contributed by atoms with E-state index < -0.39 is 0 Å². The number of rotatable bonds is 14. The third-order valence-corrected chi connectivity index (χ3v) is 19.1. The van der Waals surface area contributed by atoms with Crippen molar-refractivity contribution in [2.75, 3.05) is 19.0 Å². The second-order valence-electron chi connectivity index (χ2n) is 26.4. The van der Waals surface area contributed by atoms with Gasteiger partial charge in [-0.3, -0.25) is 0 Å². The van der Waals surface area contributed by atoms with Crippen molar-refractivity contribution in [3.05, 3.63) is 455 Å². The van der Waals surface area contributed by atoms with E-state index in [9.17, 15) is 0 Å². The molecule has 4 heteroatoms. The fourth-order valence-corrected chi connectivity index (χ4v) is 14.0. The first kappa shape index (κ1) is 72.5. The van der Waals surface area contributed by atoms with E-state index in [0.717, 1.165) is 11.3 Å². The number of allylic oxidation sites excluding steroid dienone is 6. The van der Waals surface area contributed by atoms with E-state index in [2.05, 4.69) is 358 Å². The molecule has 15 aromatic carbocycles. The molecule has 4 nitrogen and oxygen atoms in total. The second-order valence-corrected chi connectivity index (χ2v) is 26.4. The zero-order valence-corrected chi connectivity index (χ0v) is 61.8. The van der Waals surface area contributed by atoms with Crippen molar-refractivity contribution in [1.82, 2.24) is 0 Å². The van der Waals surface area contributed by atoms with Gasteiger partial charge in [-0.25, -0.2) is 10.1 Å². The molecule has 108 heavy (non-hydrogen) atoms. The highest BCUT2D eigenvalue weighted by Gasteiger charge is 2.26. The Labute approximate surface area is 636 Å². The summed E-state index contributed by atoms with van der Waals surface area (Å²) in [7, 11) is 4.00. The smallest absolute Gasteiger partial charge is 0.269 e. The van der Waals surface area contributed by atoms with E-state index in [1.54, 1.807) is 19.1 Å². The molecular weight excluding hydrogens is 1310 g/mol. The summed E-state index contributed by atoms with van der Waals surface area (Å²) >= 11 is 0. The topological polar surface area (TPSA) is 40.6 Å². The number of hydrogen-bond acceptors (Lipinski definition) is 3. The van der Waals surface area contributed by atoms with E-state index in [4.69, 9.17) is 16.6 Å². The van der Waals surface area contributed by atoms with E-state index in [1.807, 2.05) is 75.3 Å². The summed E-state index contributed by atoms with van der Waals surface area (Å²) in [6.45, 7) is 15.0. The first-order chi connectivity index (χ1) is 53.2. The predicted octanol–water partition coefficient (Wildman–Crippen LogP) is 28.0. The number of nitriles is 1. The number of ether oxygens (including phenoxy) is 1. The molecule has 1 heterocycles. The van der Waals surface area contributed by atoms with E-state index >= 15 is 0 Å². The number of benzene rings is 15. The maximum Gasteiger partial charge on any atom is 0.269 e. The minimum Gasteiger partial charge on any atom is -0.462 e. The molecular formula is C104H83N3O. The molecule has 0 atom stereocenters. The Morgan fingerprint density at radius 3 is 0.981 bits per heavy atom. The van der Waals surface area contributed by atoms with Crippen LogP contribution in [0.25, 0.3) is 122 Å². The molecule has 0 saturated heterocycles. The lowest BCUT2D eigenvalue weighted by molar-refractivity contribution is 0.318. The predicted molar refractivity (Wildman–Crippen MR) is 460 cm³/mol. The molecule has 0 bridgehead atoms. The van der Waals surface area contributed by atoms with Gasteiger partial charge in [-0.15, -0.1) is 0 Å². The molecule has 15 aromatic rings. The van der Waals surface area contributed by atoms with Crippen LogP contribution in [0.15, 0.2) is 399 Å². The van der Waals surface area contributed by atoms with E-state index in [-0.39, 0.29) is 5.70 Å². The summed E-state index contributed by atoms with van der Waals surface area (Å²) in [5, 5.41) is 16.6. The van der Waals surface area contributed by atoms with Crippen LogP contribution < -0.4 is 4.90 Å². The summed E-state index contributed by atoms with van der Waals surface area (Å²) < 4.78 is 5.62. The van der Waals surface area contributed by atoms with Crippen molar-refractivity contribution in [2.24, 2.45) is 0 Å². The third kappa shape index (κ3) is 16.8. The molecule has 16 rings (SSSR count). The number of nitrogens with zero attached hydrogens (tertiary/aromatic N) is 3. The monoisotopic (exact) mass is 1390 g/mol. The van der Waals surface area contributed by atoms with Gasteiger partial charge < -0.3 is 9.64 Å². The van der Waals surface area contributed by atoms with Crippen LogP contribution in [0, 0.1) is 24.8 Å². The fourth-order valence-electron chi connectivity index (χ4n) is 14.0. The Morgan fingerprint density at radius 1 is 0.352 bits per heavy atom. The first-order valence-corrected chi connectivity index (χ1v) is 36.7. The van der Waals surface area contributed by atoms with Crippen molar-refractivity contribution >= 4 is 67.4 Å². The third-order valence-electron chi connectivity index (χ3n) is 19.1. The van der Waals surface area contributed by atoms with E-state index in [0.29, 0.717) is 17.1 Å². The van der Waals surface area contributed by atoms with Gasteiger partial charge in [-0.2, -0.15) is 0 Å². The highest BCUT2D eigenvalue weighted by Crippen LogP contribution is 2.54. The van der Waals surface area contributed by atoms with Gasteiger partial charge in [0.25, 0.3) is 5.70 Å². The Morgan fingerprint density at radius 2 is 0.657 bits per heavy atom. The standard InChI is InChI=1S/C43H30.C40H30.C19H17N3O.C2H6/c1-29-25-27-33(28-26-29)41-37-24-14-13-23-36(37)39(31-17-7-3-8-18-31)42-38(30-15-5-2-6-16-30)34-21-11-12-22-35(34)40(43(41)42)32-19-9-4-10-20-32;1-5-13-35(14-6-1)39(36-15-7-2-8-16-36)29-31-21-25-33(26-22-31)34-27-23-32(24-28-34)30-40(37-17-9-3-10-18-37)38-19-11-4-12-20-38;1-14-11-16(19(13-20)21-2)12-18(23-14)10-7-15-5-8-17(9-6-15)22(3)4;1-2/h2-28H,1H3;1-30H;5-12H,1,3-4H3;1-2H3/b;;10-7+,19-16-;. The number of anilines is 1. The minimum absolute atomic E-state index is 0.0638. The summed E-state index contributed by atoms with van der Waals surface area (Å²) in [4.78, 5) is 5.28. The van der Waals surface area contributed by atoms with Crippen LogP contribution in [0.2, 0.25) is 0 Å². The molecule has 0 N–H and O–H groups in total. The van der Waals surface area contributed by atoms with Crippen LogP contribution in [0.5, 0.6) is 0 Å². The van der Waals surface area contributed by atoms with Crippen LogP contribution in [-0.2, 0) is 4.74 Å². The molecule has 1 aliphatic rings. The van der Waals surface area contributed by atoms with Crippen molar-refractivity contribution in [2.45, 2.75) is 27.7 Å². The molecule has 0 unspecified atom stereocenters. The largest absolute Gasteiger partial charge is 0.462 e. The van der Waals surface area contributed by atoms with Gasteiger partial charge in [-0.1, -0.05) is 371 Å². The lowest BCUT2D eigenvalue weighted by atomic mass is 9.77. The van der Waals surface area contributed by atoms with Crippen LogP contribution in [0.4, 0.5) is 5.69 Å². The lowest BCUT2D eigenvalue weighted by Crippen LogP contribution is -2.07. The van der Waals surface area contributed by atoms with Crippen molar-refractivity contribution in [1.29, 1.82) is 5.26 Å². The SMILES string of the molecule is C(=C(c1ccccc1)c1ccccc1)c1ccc(-c2ccc(C=C(c3ccccc3)c3ccccc3)cc2)cc1.CC.Cc1ccc(-c2c3ccccc3c(-c3ccccc3)c3c(-c4ccccc4)c4ccccc4c(-c4ccccc4)c23)cc1.[C-]#[N+]/C(C#N)=C1/C=C(C)OC(/C=C/c2ccc(N(C)C)cc2)=C1. The molecule has 0 saturated carbocycles. The highest BCUT2D eigenvalue weighted by molar-refractivity contribution is 6.34. The molecule has 0 aromatic heterocycles. The Bertz CT molecular complexity index is 5590. The van der Waals surface area contributed by atoms with Crippen molar-refractivity contribution in [3.63, 3.8) is 0 Å². The molecule has 0 spiro atoms. The van der Waals surface area contributed by atoms with Gasteiger partial charge in [0.05, 0.1) is 12.6 Å². The zero-order valence-electron chi connectivity index (χ0n) is 61.8. The van der Waals surface area contributed by atoms with Crippen LogP contribution in [-0.4, -0.2) is 14.1 Å². The van der Waals surface area contributed by atoms with Gasteiger partial charge in [0.15, 0.2) is 0 Å². The maximum atomic E-state index is 8.99. The Hall–Kier alpha value is -13.9.